The van der Waals surface area contributed by atoms with Crippen LogP contribution in [0.4, 0.5) is 5.69 Å². The van der Waals surface area contributed by atoms with Crippen LogP contribution in [0.2, 0.25) is 0 Å². The topological polar surface area (TPSA) is 52.3 Å². The molecule has 3 nitrogen and oxygen atoms in total. The van der Waals surface area contributed by atoms with Gasteiger partial charge in [0.1, 0.15) is 5.75 Å². The van der Waals surface area contributed by atoms with Crippen molar-refractivity contribution < 1.29 is 9.53 Å². The molecule has 88 valence electrons. The lowest BCUT2D eigenvalue weighted by molar-refractivity contribution is 0.103. The summed E-state index contributed by atoms with van der Waals surface area (Å²) >= 11 is 1.47. The number of hydrogen-bond acceptors (Lipinski definition) is 4. The second-order valence-corrected chi connectivity index (χ2v) is 4.99. The number of thiophene rings is 1. The zero-order chi connectivity index (χ0) is 12.4. The van der Waals surface area contributed by atoms with Gasteiger partial charge in [-0.25, -0.2) is 0 Å². The van der Waals surface area contributed by atoms with Crippen molar-refractivity contribution >= 4 is 22.8 Å². The third-order valence-corrected chi connectivity index (χ3v) is 3.43. The van der Waals surface area contributed by atoms with E-state index in [0.29, 0.717) is 21.9 Å². The van der Waals surface area contributed by atoms with E-state index in [9.17, 15) is 4.79 Å². The molecule has 17 heavy (non-hydrogen) atoms. The number of anilines is 1. The van der Waals surface area contributed by atoms with E-state index in [2.05, 4.69) is 0 Å². The number of hydrogen-bond donors (Lipinski definition) is 1. The van der Waals surface area contributed by atoms with E-state index < -0.39 is 0 Å². The minimum absolute atomic E-state index is 0.0488. The van der Waals surface area contributed by atoms with Gasteiger partial charge in [0, 0.05) is 10.6 Å². The lowest BCUT2D eigenvalue weighted by Gasteiger charge is -2.07. The van der Waals surface area contributed by atoms with Gasteiger partial charge in [0.25, 0.3) is 0 Å². The second-order valence-electron chi connectivity index (χ2n) is 3.70. The minimum atomic E-state index is -0.0488. The van der Waals surface area contributed by atoms with E-state index in [1.807, 2.05) is 19.1 Å². The number of aryl methyl sites for hydroxylation is 1. The lowest BCUT2D eigenvalue weighted by Crippen LogP contribution is -2.03. The van der Waals surface area contributed by atoms with E-state index in [1.54, 1.807) is 25.3 Å². The van der Waals surface area contributed by atoms with Gasteiger partial charge in [-0.05, 0) is 37.3 Å². The number of ketones is 1. The summed E-state index contributed by atoms with van der Waals surface area (Å²) in [7, 11) is 1.54. The van der Waals surface area contributed by atoms with Gasteiger partial charge in [-0.15, -0.1) is 11.3 Å². The maximum Gasteiger partial charge on any atom is 0.206 e. The van der Waals surface area contributed by atoms with Crippen molar-refractivity contribution in [2.45, 2.75) is 6.92 Å². The molecular formula is C13H13NO2S. The Kier molecular flexibility index (Phi) is 3.15. The molecule has 2 rings (SSSR count). The molecule has 1 aromatic heterocycles. The van der Waals surface area contributed by atoms with Crippen LogP contribution in [-0.2, 0) is 0 Å². The van der Waals surface area contributed by atoms with E-state index in [4.69, 9.17) is 10.5 Å². The summed E-state index contributed by atoms with van der Waals surface area (Å²) < 4.78 is 5.18. The molecule has 0 saturated carbocycles. The molecule has 0 radical (unpaired) electrons. The predicted molar refractivity (Wildman–Crippen MR) is 69.9 cm³/mol. The first-order valence-corrected chi connectivity index (χ1v) is 5.98. The Morgan fingerprint density at radius 1 is 1.29 bits per heavy atom. The molecule has 0 atom stereocenters. The third-order valence-electron chi connectivity index (χ3n) is 2.43. The van der Waals surface area contributed by atoms with E-state index in [0.717, 1.165) is 4.88 Å². The number of carbonyl (C=O) groups excluding carboxylic acids is 1. The summed E-state index contributed by atoms with van der Waals surface area (Å²) in [6, 6.07) is 8.83. The molecule has 0 spiro atoms. The first-order valence-electron chi connectivity index (χ1n) is 5.16. The second kappa shape index (κ2) is 4.59. The summed E-state index contributed by atoms with van der Waals surface area (Å²) in [5.41, 5.74) is 6.77. The van der Waals surface area contributed by atoms with Crippen LogP contribution in [-0.4, -0.2) is 12.9 Å². The molecule has 0 aliphatic heterocycles. The fourth-order valence-corrected chi connectivity index (χ4v) is 2.41. The molecule has 0 saturated heterocycles. The molecule has 2 aromatic rings. The average molecular weight is 247 g/mol. The molecular weight excluding hydrogens is 234 g/mol. The molecule has 2 N–H and O–H groups in total. The number of methoxy groups -OCH3 is 1. The van der Waals surface area contributed by atoms with Gasteiger partial charge in [0.05, 0.1) is 17.6 Å². The summed E-state index contributed by atoms with van der Waals surface area (Å²) in [4.78, 5) is 14.1. The van der Waals surface area contributed by atoms with Gasteiger partial charge in [-0.1, -0.05) is 0 Å². The summed E-state index contributed by atoms with van der Waals surface area (Å²) in [5, 5.41) is 0. The number of benzene rings is 1. The van der Waals surface area contributed by atoms with Crippen LogP contribution in [0.5, 0.6) is 5.75 Å². The Morgan fingerprint density at radius 2 is 2.06 bits per heavy atom. The van der Waals surface area contributed by atoms with Crippen LogP contribution in [0.3, 0.4) is 0 Å². The maximum absolute atomic E-state index is 12.3. The van der Waals surface area contributed by atoms with E-state index in [-0.39, 0.29) is 5.78 Å². The molecule has 0 aliphatic carbocycles. The molecule has 0 unspecified atom stereocenters. The number of nitrogen functional groups attached to an aromatic ring is 1. The van der Waals surface area contributed by atoms with Gasteiger partial charge in [0.15, 0.2) is 0 Å². The standard InChI is InChI=1S/C13H13NO2S/c1-8-3-6-12(17-8)13(15)10-7-9(14)4-5-11(10)16-2/h3-7H,14H2,1-2H3. The minimum Gasteiger partial charge on any atom is -0.496 e. The van der Waals surface area contributed by atoms with Crippen LogP contribution < -0.4 is 10.5 Å². The number of carbonyl (C=O) groups is 1. The fourth-order valence-electron chi connectivity index (χ4n) is 1.59. The van der Waals surface area contributed by atoms with Crippen LogP contribution in [0.15, 0.2) is 30.3 Å². The molecule has 0 bridgehead atoms. The zero-order valence-corrected chi connectivity index (χ0v) is 10.5. The maximum atomic E-state index is 12.3. The Balaban J connectivity index is 2.46. The molecule has 0 aliphatic rings. The van der Waals surface area contributed by atoms with Crippen LogP contribution in [0, 0.1) is 6.92 Å². The largest absolute Gasteiger partial charge is 0.496 e. The smallest absolute Gasteiger partial charge is 0.206 e. The first kappa shape index (κ1) is 11.7. The fraction of sp³-hybridized carbons (Fsp3) is 0.154. The van der Waals surface area contributed by atoms with Crippen molar-refractivity contribution in [1.29, 1.82) is 0 Å². The average Bonchev–Trinajstić information content (AvgIpc) is 2.75. The number of rotatable bonds is 3. The van der Waals surface area contributed by atoms with E-state index >= 15 is 0 Å². The summed E-state index contributed by atoms with van der Waals surface area (Å²) in [6.45, 7) is 1.97. The zero-order valence-electron chi connectivity index (χ0n) is 9.69. The van der Waals surface area contributed by atoms with Crippen molar-refractivity contribution in [3.8, 4) is 5.75 Å². The number of ether oxygens (including phenoxy) is 1. The normalized spacial score (nSPS) is 10.2. The van der Waals surface area contributed by atoms with Crippen molar-refractivity contribution in [2.24, 2.45) is 0 Å². The molecule has 1 heterocycles. The van der Waals surface area contributed by atoms with Crippen LogP contribution >= 0.6 is 11.3 Å². The first-order chi connectivity index (χ1) is 8.11. The highest BCUT2D eigenvalue weighted by atomic mass is 32.1. The van der Waals surface area contributed by atoms with Gasteiger partial charge in [-0.2, -0.15) is 0 Å². The van der Waals surface area contributed by atoms with Gasteiger partial charge in [0.2, 0.25) is 5.78 Å². The SMILES string of the molecule is COc1ccc(N)cc1C(=O)c1ccc(C)s1. The highest BCUT2D eigenvalue weighted by Gasteiger charge is 2.16. The van der Waals surface area contributed by atoms with Crippen molar-refractivity contribution in [1.82, 2.24) is 0 Å². The van der Waals surface area contributed by atoms with Crippen molar-refractivity contribution in [3.63, 3.8) is 0 Å². The van der Waals surface area contributed by atoms with Crippen LogP contribution in [0.25, 0.3) is 0 Å². The summed E-state index contributed by atoms with van der Waals surface area (Å²) in [6.07, 6.45) is 0. The Labute approximate surface area is 104 Å². The Bertz CT molecular complexity index is 560. The monoisotopic (exact) mass is 247 g/mol. The van der Waals surface area contributed by atoms with E-state index in [1.165, 1.54) is 11.3 Å². The quantitative estimate of drug-likeness (QED) is 0.670. The van der Waals surface area contributed by atoms with Crippen LogP contribution in [0.1, 0.15) is 20.1 Å². The highest BCUT2D eigenvalue weighted by molar-refractivity contribution is 7.14. The van der Waals surface area contributed by atoms with Crippen molar-refractivity contribution in [2.75, 3.05) is 12.8 Å². The summed E-state index contributed by atoms with van der Waals surface area (Å²) in [5.74, 6) is 0.502. The molecule has 1 aromatic carbocycles. The van der Waals surface area contributed by atoms with Gasteiger partial charge >= 0.3 is 0 Å². The Hall–Kier alpha value is -1.81. The number of nitrogens with two attached hydrogens (primary N) is 1. The molecule has 4 heteroatoms. The highest BCUT2D eigenvalue weighted by Crippen LogP contribution is 2.26. The predicted octanol–water partition coefficient (Wildman–Crippen LogP) is 2.88. The lowest BCUT2D eigenvalue weighted by atomic mass is 10.1. The molecule has 0 fully saturated rings. The van der Waals surface area contributed by atoms with Gasteiger partial charge in [-0.3, -0.25) is 4.79 Å². The van der Waals surface area contributed by atoms with Crippen molar-refractivity contribution in [3.05, 3.63) is 45.6 Å². The molecule has 0 amide bonds. The Morgan fingerprint density at radius 3 is 2.65 bits per heavy atom. The third kappa shape index (κ3) is 2.31. The van der Waals surface area contributed by atoms with Gasteiger partial charge < -0.3 is 10.5 Å².